The molecule has 6 heteroatoms. The second kappa shape index (κ2) is 7.85. The summed E-state index contributed by atoms with van der Waals surface area (Å²) in [5.41, 5.74) is 6.32. The van der Waals surface area contributed by atoms with E-state index in [4.69, 9.17) is 15.6 Å². The van der Waals surface area contributed by atoms with Crippen LogP contribution < -0.4 is 10.5 Å². The number of carbonyl (C=O) groups is 1. The number of aliphatic hydroxyl groups excluding tert-OH is 1. The minimum absolute atomic E-state index is 0.113. The average Bonchev–Trinajstić information content (AvgIpc) is 2.48. The van der Waals surface area contributed by atoms with Crippen LogP contribution in [0.1, 0.15) is 6.42 Å². The molecule has 0 spiro atoms. The van der Waals surface area contributed by atoms with Gasteiger partial charge in [0.05, 0.1) is 19.6 Å². The highest BCUT2D eigenvalue weighted by molar-refractivity contribution is 5.76. The second-order valence-corrected chi connectivity index (χ2v) is 5.12. The van der Waals surface area contributed by atoms with Crippen molar-refractivity contribution in [2.45, 2.75) is 6.42 Å². The van der Waals surface area contributed by atoms with Gasteiger partial charge in [0, 0.05) is 44.5 Å². The summed E-state index contributed by atoms with van der Waals surface area (Å²) in [4.78, 5) is 16.1. The number of ether oxygens (including phenoxy) is 1. The maximum absolute atomic E-state index is 12.1. The highest BCUT2D eigenvalue weighted by atomic mass is 16.5. The Kier molecular flexibility index (Phi) is 5.83. The summed E-state index contributed by atoms with van der Waals surface area (Å²) in [6, 6.07) is 7.20. The van der Waals surface area contributed by atoms with Gasteiger partial charge in [-0.15, -0.1) is 0 Å². The third-order valence-corrected chi connectivity index (χ3v) is 3.58. The fourth-order valence-corrected chi connectivity index (χ4v) is 2.38. The molecule has 6 nitrogen and oxygen atoms in total. The minimum atomic E-state index is 0.113. The highest BCUT2D eigenvalue weighted by Crippen LogP contribution is 2.14. The zero-order valence-corrected chi connectivity index (χ0v) is 12.2. The maximum atomic E-state index is 12.1. The zero-order chi connectivity index (χ0) is 15.1. The fourth-order valence-electron chi connectivity index (χ4n) is 2.38. The van der Waals surface area contributed by atoms with Gasteiger partial charge in [-0.1, -0.05) is 6.07 Å². The largest absolute Gasteiger partial charge is 0.493 e. The van der Waals surface area contributed by atoms with Crippen molar-refractivity contribution >= 4 is 11.6 Å². The number of nitrogens with zero attached hydrogens (tertiary/aromatic N) is 2. The van der Waals surface area contributed by atoms with E-state index in [2.05, 4.69) is 4.90 Å². The van der Waals surface area contributed by atoms with Gasteiger partial charge in [0.1, 0.15) is 5.75 Å². The van der Waals surface area contributed by atoms with E-state index < -0.39 is 0 Å². The monoisotopic (exact) mass is 293 g/mol. The Bertz CT molecular complexity index is 459. The first-order chi connectivity index (χ1) is 10.2. The van der Waals surface area contributed by atoms with Gasteiger partial charge in [0.25, 0.3) is 0 Å². The lowest BCUT2D eigenvalue weighted by molar-refractivity contribution is -0.133. The topological polar surface area (TPSA) is 79.0 Å². The lowest BCUT2D eigenvalue weighted by atomic mass is 10.2. The number of nitrogen functional groups attached to an aromatic ring is 1. The number of piperazine rings is 1. The average molecular weight is 293 g/mol. The quantitative estimate of drug-likeness (QED) is 0.731. The van der Waals surface area contributed by atoms with Gasteiger partial charge in [-0.3, -0.25) is 9.69 Å². The maximum Gasteiger partial charge on any atom is 0.226 e. The Balaban J connectivity index is 1.68. The summed E-state index contributed by atoms with van der Waals surface area (Å²) in [7, 11) is 0. The molecule has 1 saturated heterocycles. The van der Waals surface area contributed by atoms with Crippen LogP contribution in [0.15, 0.2) is 24.3 Å². The molecular formula is C15H23N3O3. The van der Waals surface area contributed by atoms with Crippen LogP contribution in [0.3, 0.4) is 0 Å². The number of nitrogens with two attached hydrogens (primary N) is 1. The predicted octanol–water partition coefficient (Wildman–Crippen LogP) is 0.174. The van der Waals surface area contributed by atoms with Crippen LogP contribution in [0.2, 0.25) is 0 Å². The highest BCUT2D eigenvalue weighted by Gasteiger charge is 2.20. The van der Waals surface area contributed by atoms with Crippen molar-refractivity contribution < 1.29 is 14.6 Å². The van der Waals surface area contributed by atoms with Crippen molar-refractivity contribution in [3.05, 3.63) is 24.3 Å². The van der Waals surface area contributed by atoms with Crippen molar-refractivity contribution in [2.24, 2.45) is 0 Å². The molecule has 1 amide bonds. The molecule has 1 aliphatic rings. The van der Waals surface area contributed by atoms with Crippen molar-refractivity contribution in [1.82, 2.24) is 9.80 Å². The van der Waals surface area contributed by atoms with E-state index >= 15 is 0 Å². The molecule has 1 aliphatic heterocycles. The Morgan fingerprint density at radius 1 is 1.29 bits per heavy atom. The van der Waals surface area contributed by atoms with E-state index in [0.717, 1.165) is 26.2 Å². The number of benzene rings is 1. The zero-order valence-electron chi connectivity index (χ0n) is 12.2. The molecule has 3 N–H and O–H groups in total. The van der Waals surface area contributed by atoms with Crippen LogP contribution in [0.4, 0.5) is 5.69 Å². The van der Waals surface area contributed by atoms with E-state index in [-0.39, 0.29) is 12.5 Å². The van der Waals surface area contributed by atoms with Gasteiger partial charge in [0.15, 0.2) is 0 Å². The molecule has 0 atom stereocenters. The Morgan fingerprint density at radius 2 is 2.05 bits per heavy atom. The van der Waals surface area contributed by atoms with Crippen molar-refractivity contribution in [3.63, 3.8) is 0 Å². The fraction of sp³-hybridized carbons (Fsp3) is 0.533. The number of β-amino-alcohol motifs (C(OH)–C–C–N with tert-alkyl or cyclic N) is 1. The third kappa shape index (κ3) is 4.91. The molecule has 1 aromatic rings. The standard InChI is InChI=1S/C15H23N3O3/c16-13-2-1-3-14(12-13)21-11-4-15(20)18-7-5-17(6-8-18)9-10-19/h1-3,12,19H,4-11,16H2. The molecule has 0 bridgehead atoms. The van der Waals surface area contributed by atoms with Crippen molar-refractivity contribution in [3.8, 4) is 5.75 Å². The number of hydrogen-bond acceptors (Lipinski definition) is 5. The van der Waals surface area contributed by atoms with Crippen LogP contribution in [-0.2, 0) is 4.79 Å². The molecule has 0 radical (unpaired) electrons. The van der Waals surface area contributed by atoms with E-state index in [9.17, 15) is 4.79 Å². The summed E-state index contributed by atoms with van der Waals surface area (Å²) >= 11 is 0. The van der Waals surface area contributed by atoms with E-state index in [1.807, 2.05) is 17.0 Å². The number of anilines is 1. The Hall–Kier alpha value is -1.79. The molecule has 2 rings (SSSR count). The van der Waals surface area contributed by atoms with Crippen molar-refractivity contribution in [2.75, 3.05) is 51.7 Å². The third-order valence-electron chi connectivity index (χ3n) is 3.58. The molecule has 1 fully saturated rings. The summed E-state index contributed by atoms with van der Waals surface area (Å²) in [6.07, 6.45) is 0.370. The molecule has 0 saturated carbocycles. The summed E-state index contributed by atoms with van der Waals surface area (Å²) in [5.74, 6) is 0.804. The smallest absolute Gasteiger partial charge is 0.226 e. The summed E-state index contributed by atoms with van der Waals surface area (Å²) < 4.78 is 5.54. The van der Waals surface area contributed by atoms with Gasteiger partial charge in [0.2, 0.25) is 5.91 Å². The van der Waals surface area contributed by atoms with Gasteiger partial charge < -0.3 is 20.5 Å². The first-order valence-electron chi connectivity index (χ1n) is 7.28. The molecule has 1 heterocycles. The number of aliphatic hydroxyl groups is 1. The number of hydrogen-bond donors (Lipinski definition) is 2. The number of rotatable bonds is 6. The van der Waals surface area contributed by atoms with E-state index in [0.29, 0.717) is 31.0 Å². The van der Waals surface area contributed by atoms with Gasteiger partial charge in [-0.05, 0) is 12.1 Å². The predicted molar refractivity (Wildman–Crippen MR) is 81.1 cm³/mol. The SMILES string of the molecule is Nc1cccc(OCCC(=O)N2CCN(CCO)CC2)c1. The van der Waals surface area contributed by atoms with Crippen LogP contribution in [0, 0.1) is 0 Å². The van der Waals surface area contributed by atoms with E-state index in [1.54, 1.807) is 12.1 Å². The molecule has 1 aromatic carbocycles. The number of carbonyl (C=O) groups excluding carboxylic acids is 1. The van der Waals surface area contributed by atoms with Gasteiger partial charge in [-0.25, -0.2) is 0 Å². The van der Waals surface area contributed by atoms with E-state index in [1.165, 1.54) is 0 Å². The Morgan fingerprint density at radius 3 is 2.71 bits per heavy atom. The molecule has 0 aromatic heterocycles. The normalized spacial score (nSPS) is 16.0. The van der Waals surface area contributed by atoms with Crippen LogP contribution in [0.25, 0.3) is 0 Å². The summed E-state index contributed by atoms with van der Waals surface area (Å²) in [5, 5.41) is 8.89. The molecule has 0 aliphatic carbocycles. The Labute approximate surface area is 125 Å². The lowest BCUT2D eigenvalue weighted by Crippen LogP contribution is -2.49. The first kappa shape index (κ1) is 15.6. The van der Waals surface area contributed by atoms with Gasteiger partial charge in [-0.2, -0.15) is 0 Å². The number of amides is 1. The second-order valence-electron chi connectivity index (χ2n) is 5.12. The molecular weight excluding hydrogens is 270 g/mol. The summed E-state index contributed by atoms with van der Waals surface area (Å²) in [6.45, 7) is 4.29. The van der Waals surface area contributed by atoms with Crippen LogP contribution >= 0.6 is 0 Å². The lowest BCUT2D eigenvalue weighted by Gasteiger charge is -2.34. The first-order valence-corrected chi connectivity index (χ1v) is 7.28. The van der Waals surface area contributed by atoms with Crippen molar-refractivity contribution in [1.29, 1.82) is 0 Å². The molecule has 0 unspecified atom stereocenters. The van der Waals surface area contributed by atoms with Crippen LogP contribution in [0.5, 0.6) is 5.75 Å². The molecule has 116 valence electrons. The van der Waals surface area contributed by atoms with Crippen LogP contribution in [-0.4, -0.2) is 66.8 Å². The van der Waals surface area contributed by atoms with Gasteiger partial charge >= 0.3 is 0 Å². The molecule has 21 heavy (non-hydrogen) atoms. The minimum Gasteiger partial charge on any atom is -0.493 e.